The number of thiocarbonyl (C=S) groups is 1. The van der Waals surface area contributed by atoms with E-state index in [1.807, 2.05) is 12.4 Å². The van der Waals surface area contributed by atoms with E-state index in [0.29, 0.717) is 11.4 Å². The van der Waals surface area contributed by atoms with E-state index in [2.05, 4.69) is 10.6 Å². The number of nitro groups is 1. The number of hydrogen-bond donors (Lipinski definition) is 2. The first-order valence-corrected chi connectivity index (χ1v) is 8.75. The van der Waals surface area contributed by atoms with Gasteiger partial charge in [0.25, 0.3) is 11.6 Å². The number of rotatable bonds is 7. The van der Waals surface area contributed by atoms with E-state index in [4.69, 9.17) is 17.5 Å². The number of nitrogens with one attached hydrogen (secondary N) is 2. The molecule has 0 spiro atoms. The minimum Gasteiger partial charge on any atom is -0.350 e. The van der Waals surface area contributed by atoms with Crippen molar-refractivity contribution in [1.29, 1.82) is 5.26 Å². The molecule has 1 unspecified atom stereocenters. The van der Waals surface area contributed by atoms with E-state index in [-0.39, 0.29) is 23.3 Å². The predicted molar refractivity (Wildman–Crippen MR) is 97.6 cm³/mol. The summed E-state index contributed by atoms with van der Waals surface area (Å²) >= 11 is 6.62. The number of nitriles is 1. The van der Waals surface area contributed by atoms with Crippen molar-refractivity contribution in [3.05, 3.63) is 34.4 Å². The third kappa shape index (κ3) is 5.68. The van der Waals surface area contributed by atoms with Crippen LogP contribution in [0, 0.1) is 21.6 Å². The molecule has 0 bridgehead atoms. The standard InChI is InChI=1S/C14H17N5O3S2/c1-3-18(9-15)13(20)12(8-24-2)17-14(23)16-10-4-6-11(7-5-10)19(21)22/h4-7,12H,3,8H2,1-2H3,(H2,16,17,23). The molecule has 0 aliphatic rings. The molecule has 1 atom stereocenters. The van der Waals surface area contributed by atoms with E-state index in [9.17, 15) is 14.9 Å². The summed E-state index contributed by atoms with van der Waals surface area (Å²) < 4.78 is 0. The first-order valence-electron chi connectivity index (χ1n) is 6.95. The minimum atomic E-state index is -0.641. The third-order valence-electron chi connectivity index (χ3n) is 2.98. The number of nitrogens with zero attached hydrogens (tertiary/aromatic N) is 3. The molecule has 1 amide bonds. The highest BCUT2D eigenvalue weighted by Crippen LogP contribution is 2.15. The van der Waals surface area contributed by atoms with Crippen LogP contribution in [0.1, 0.15) is 6.92 Å². The molecule has 10 heteroatoms. The molecule has 128 valence electrons. The minimum absolute atomic E-state index is 0.0255. The number of carbonyl (C=O) groups excluding carboxylic acids is 1. The molecular weight excluding hydrogens is 350 g/mol. The van der Waals surface area contributed by atoms with Gasteiger partial charge in [-0.25, -0.2) is 4.90 Å². The van der Waals surface area contributed by atoms with E-state index >= 15 is 0 Å². The molecule has 8 nitrogen and oxygen atoms in total. The maximum absolute atomic E-state index is 12.3. The Bertz CT molecular complexity index is 645. The number of likely N-dealkylation sites (N-methyl/N-ethyl adjacent to an activating group) is 1. The average Bonchev–Trinajstić information content (AvgIpc) is 2.55. The molecule has 1 aromatic carbocycles. The zero-order chi connectivity index (χ0) is 18.1. The molecule has 2 N–H and O–H groups in total. The molecule has 0 saturated carbocycles. The smallest absolute Gasteiger partial charge is 0.269 e. The summed E-state index contributed by atoms with van der Waals surface area (Å²) in [5.41, 5.74) is 0.531. The second-order valence-electron chi connectivity index (χ2n) is 4.59. The summed E-state index contributed by atoms with van der Waals surface area (Å²) in [7, 11) is 0. The van der Waals surface area contributed by atoms with Gasteiger partial charge in [-0.1, -0.05) is 0 Å². The molecule has 0 aliphatic carbocycles. The zero-order valence-electron chi connectivity index (χ0n) is 13.2. The summed E-state index contributed by atoms with van der Waals surface area (Å²) in [4.78, 5) is 23.5. The first-order chi connectivity index (χ1) is 11.4. The molecule has 1 aromatic rings. The third-order valence-corrected chi connectivity index (χ3v) is 3.86. The predicted octanol–water partition coefficient (Wildman–Crippen LogP) is 1.94. The maximum atomic E-state index is 12.3. The van der Waals surface area contributed by atoms with Gasteiger partial charge in [-0.15, -0.1) is 0 Å². The van der Waals surface area contributed by atoms with Crippen LogP contribution in [0.3, 0.4) is 0 Å². The summed E-state index contributed by atoms with van der Waals surface area (Å²) in [6.07, 6.45) is 3.68. The number of amides is 1. The lowest BCUT2D eigenvalue weighted by Gasteiger charge is -2.22. The number of anilines is 1. The second-order valence-corrected chi connectivity index (χ2v) is 5.91. The van der Waals surface area contributed by atoms with Gasteiger partial charge in [0.15, 0.2) is 11.3 Å². The molecule has 0 radical (unpaired) electrons. The van der Waals surface area contributed by atoms with Crippen LogP contribution < -0.4 is 10.6 Å². The van der Waals surface area contributed by atoms with Gasteiger partial charge >= 0.3 is 0 Å². The Hall–Kier alpha value is -2.38. The Kier molecular flexibility index (Phi) is 7.94. The van der Waals surface area contributed by atoms with E-state index in [1.54, 1.807) is 6.92 Å². The van der Waals surface area contributed by atoms with E-state index in [0.717, 1.165) is 4.90 Å². The van der Waals surface area contributed by atoms with Gasteiger partial charge in [0, 0.05) is 30.1 Å². The highest BCUT2D eigenvalue weighted by Gasteiger charge is 2.24. The van der Waals surface area contributed by atoms with Gasteiger partial charge in [-0.05, 0) is 37.5 Å². The number of benzene rings is 1. The van der Waals surface area contributed by atoms with E-state index < -0.39 is 11.0 Å². The lowest BCUT2D eigenvalue weighted by atomic mass is 10.3. The lowest BCUT2D eigenvalue weighted by molar-refractivity contribution is -0.384. The highest BCUT2D eigenvalue weighted by molar-refractivity contribution is 7.98. The van der Waals surface area contributed by atoms with Crippen molar-refractivity contribution in [3.8, 4) is 6.19 Å². The summed E-state index contributed by atoms with van der Waals surface area (Å²) in [6, 6.07) is 5.10. The van der Waals surface area contributed by atoms with E-state index in [1.165, 1.54) is 36.0 Å². The summed E-state index contributed by atoms with van der Waals surface area (Å²) in [5, 5.41) is 25.5. The van der Waals surface area contributed by atoms with Crippen LogP contribution in [-0.4, -0.2) is 45.4 Å². The molecule has 0 aromatic heterocycles. The topological polar surface area (TPSA) is 111 Å². The number of nitro benzene ring substituents is 1. The van der Waals surface area contributed by atoms with Crippen molar-refractivity contribution >= 4 is 46.4 Å². The monoisotopic (exact) mass is 367 g/mol. The first kappa shape index (κ1) is 19.7. The fourth-order valence-electron chi connectivity index (χ4n) is 1.80. The average molecular weight is 367 g/mol. The number of thioether (sulfide) groups is 1. The number of carbonyl (C=O) groups is 1. The molecular formula is C14H17N5O3S2. The maximum Gasteiger partial charge on any atom is 0.269 e. The molecule has 0 fully saturated rings. The Labute approximate surface area is 149 Å². The van der Waals surface area contributed by atoms with Gasteiger partial charge in [0.2, 0.25) is 0 Å². The van der Waals surface area contributed by atoms with Crippen LogP contribution in [0.15, 0.2) is 24.3 Å². The fourth-order valence-corrected chi connectivity index (χ4v) is 2.62. The van der Waals surface area contributed by atoms with Gasteiger partial charge in [-0.2, -0.15) is 17.0 Å². The van der Waals surface area contributed by atoms with Crippen LogP contribution in [0.25, 0.3) is 0 Å². The summed E-state index contributed by atoms with van der Waals surface area (Å²) in [5.74, 6) is 0.0845. The van der Waals surface area contributed by atoms with Crippen molar-refractivity contribution in [3.63, 3.8) is 0 Å². The van der Waals surface area contributed by atoms with Crippen molar-refractivity contribution in [2.24, 2.45) is 0 Å². The lowest BCUT2D eigenvalue weighted by Crippen LogP contribution is -2.49. The quantitative estimate of drug-likeness (QED) is 0.247. The van der Waals surface area contributed by atoms with Crippen LogP contribution >= 0.6 is 24.0 Å². The van der Waals surface area contributed by atoms with Crippen LogP contribution in [0.5, 0.6) is 0 Å². The van der Waals surface area contributed by atoms with Crippen molar-refractivity contribution in [2.75, 3.05) is 23.9 Å². The van der Waals surface area contributed by atoms with Gasteiger partial charge < -0.3 is 10.6 Å². The van der Waals surface area contributed by atoms with Gasteiger partial charge in [0.1, 0.15) is 6.04 Å². The molecule has 0 aliphatic heterocycles. The van der Waals surface area contributed by atoms with Crippen LogP contribution in [-0.2, 0) is 4.79 Å². The van der Waals surface area contributed by atoms with Crippen LogP contribution in [0.2, 0.25) is 0 Å². The van der Waals surface area contributed by atoms with Gasteiger partial charge in [-0.3, -0.25) is 14.9 Å². The largest absolute Gasteiger partial charge is 0.350 e. The van der Waals surface area contributed by atoms with Gasteiger partial charge in [0.05, 0.1) is 4.92 Å². The van der Waals surface area contributed by atoms with Crippen molar-refractivity contribution < 1.29 is 9.72 Å². The molecule has 0 saturated heterocycles. The molecule has 0 heterocycles. The summed E-state index contributed by atoms with van der Waals surface area (Å²) in [6.45, 7) is 2.00. The van der Waals surface area contributed by atoms with Crippen LogP contribution in [0.4, 0.5) is 11.4 Å². The highest BCUT2D eigenvalue weighted by atomic mass is 32.2. The fraction of sp³-hybridized carbons (Fsp3) is 0.357. The van der Waals surface area contributed by atoms with Crippen molar-refractivity contribution in [2.45, 2.75) is 13.0 Å². The second kappa shape index (κ2) is 9.69. The molecule has 1 rings (SSSR count). The molecule has 24 heavy (non-hydrogen) atoms. The van der Waals surface area contributed by atoms with Crippen molar-refractivity contribution in [1.82, 2.24) is 10.2 Å². The Morgan fingerprint density at radius 2 is 2.12 bits per heavy atom. The SMILES string of the molecule is CCN(C#N)C(=O)C(CSC)NC(=S)Nc1ccc([N+](=O)[O-])cc1. The number of non-ortho nitro benzene ring substituents is 1. The number of hydrogen-bond acceptors (Lipinski definition) is 6. The zero-order valence-corrected chi connectivity index (χ0v) is 14.8. The Morgan fingerprint density at radius 3 is 2.58 bits per heavy atom. The normalized spacial score (nSPS) is 11.0. The Balaban J connectivity index is 2.73. The Morgan fingerprint density at radius 1 is 1.50 bits per heavy atom.